The summed E-state index contributed by atoms with van der Waals surface area (Å²) in [5.41, 5.74) is 7.58. The molecule has 0 amide bonds. The van der Waals surface area contributed by atoms with Crippen LogP contribution in [0.4, 0.5) is 0 Å². The van der Waals surface area contributed by atoms with Gasteiger partial charge >= 0.3 is 0 Å². The van der Waals surface area contributed by atoms with Gasteiger partial charge in [0.1, 0.15) is 0 Å². The molecule has 1 aromatic heterocycles. The predicted molar refractivity (Wildman–Crippen MR) is 53.6 cm³/mol. The molecule has 1 aromatic carbocycles. The van der Waals surface area contributed by atoms with E-state index in [9.17, 15) is 0 Å². The lowest BCUT2D eigenvalue weighted by atomic mass is 10.1. The normalized spacial score (nSPS) is 10.4. The Labute approximate surface area is 82.5 Å². The molecule has 0 unspecified atom stereocenters. The van der Waals surface area contributed by atoms with E-state index in [4.69, 9.17) is 10.3 Å². The molecule has 72 valence electrons. The molecular weight excluding hydrogens is 176 g/mol. The molecule has 0 saturated carbocycles. The van der Waals surface area contributed by atoms with Crippen LogP contribution in [0.15, 0.2) is 40.9 Å². The SMILES string of the molecule is NCc1cc(Cc2ccccc2)no1. The van der Waals surface area contributed by atoms with Gasteiger partial charge in [0.05, 0.1) is 12.2 Å². The van der Waals surface area contributed by atoms with Crippen molar-refractivity contribution in [3.05, 3.63) is 53.4 Å². The van der Waals surface area contributed by atoms with Gasteiger partial charge < -0.3 is 10.3 Å². The molecule has 0 atom stereocenters. The second-order valence-corrected chi connectivity index (χ2v) is 3.15. The molecule has 2 aromatic rings. The molecule has 3 heteroatoms. The molecule has 0 aliphatic rings. The van der Waals surface area contributed by atoms with Crippen LogP contribution in [0.1, 0.15) is 17.0 Å². The van der Waals surface area contributed by atoms with E-state index in [0.717, 1.165) is 17.9 Å². The number of nitrogens with zero attached hydrogens (tertiary/aromatic N) is 1. The van der Waals surface area contributed by atoms with Gasteiger partial charge in [-0.1, -0.05) is 35.5 Å². The molecule has 0 fully saturated rings. The summed E-state index contributed by atoms with van der Waals surface area (Å²) in [7, 11) is 0. The Kier molecular flexibility index (Phi) is 2.60. The van der Waals surface area contributed by atoms with E-state index < -0.39 is 0 Å². The van der Waals surface area contributed by atoms with Crippen LogP contribution in [0.5, 0.6) is 0 Å². The third-order valence-electron chi connectivity index (χ3n) is 2.04. The molecule has 2 N–H and O–H groups in total. The quantitative estimate of drug-likeness (QED) is 0.798. The summed E-state index contributed by atoms with van der Waals surface area (Å²) >= 11 is 0. The van der Waals surface area contributed by atoms with Crippen molar-refractivity contribution in [2.75, 3.05) is 0 Å². The molecule has 0 aliphatic heterocycles. The Morgan fingerprint density at radius 1 is 1.21 bits per heavy atom. The standard InChI is InChI=1S/C11H12N2O/c12-8-11-7-10(13-14-11)6-9-4-2-1-3-5-9/h1-5,7H,6,8,12H2. The van der Waals surface area contributed by atoms with Gasteiger partial charge in [-0.3, -0.25) is 0 Å². The number of nitrogens with two attached hydrogens (primary N) is 1. The summed E-state index contributed by atoms with van der Waals surface area (Å²) < 4.78 is 5.01. The second-order valence-electron chi connectivity index (χ2n) is 3.15. The van der Waals surface area contributed by atoms with Crippen LogP contribution in [0.3, 0.4) is 0 Å². The maximum atomic E-state index is 5.42. The molecule has 1 heterocycles. The van der Waals surface area contributed by atoms with Crippen LogP contribution in [0.25, 0.3) is 0 Å². The minimum absolute atomic E-state index is 0.405. The van der Waals surface area contributed by atoms with E-state index >= 15 is 0 Å². The minimum Gasteiger partial charge on any atom is -0.360 e. The van der Waals surface area contributed by atoms with E-state index in [0.29, 0.717) is 6.54 Å². The zero-order valence-corrected chi connectivity index (χ0v) is 7.81. The van der Waals surface area contributed by atoms with E-state index in [2.05, 4.69) is 17.3 Å². The lowest BCUT2D eigenvalue weighted by Gasteiger charge is -1.94. The van der Waals surface area contributed by atoms with Gasteiger partial charge in [0.2, 0.25) is 0 Å². The number of hydrogen-bond donors (Lipinski definition) is 1. The predicted octanol–water partition coefficient (Wildman–Crippen LogP) is 1.72. The number of aromatic nitrogens is 1. The van der Waals surface area contributed by atoms with Gasteiger partial charge in [0, 0.05) is 12.5 Å². The van der Waals surface area contributed by atoms with Crippen molar-refractivity contribution in [2.45, 2.75) is 13.0 Å². The highest BCUT2D eigenvalue weighted by Crippen LogP contribution is 2.09. The Balaban J connectivity index is 2.11. The van der Waals surface area contributed by atoms with Gasteiger partial charge in [0.25, 0.3) is 0 Å². The van der Waals surface area contributed by atoms with Crippen molar-refractivity contribution in [1.29, 1.82) is 0 Å². The molecule has 0 radical (unpaired) electrons. The molecule has 2 rings (SSSR count). The summed E-state index contributed by atoms with van der Waals surface area (Å²) in [6.45, 7) is 0.405. The van der Waals surface area contributed by atoms with E-state index in [1.807, 2.05) is 24.3 Å². The highest BCUT2D eigenvalue weighted by molar-refractivity contribution is 5.21. The lowest BCUT2D eigenvalue weighted by molar-refractivity contribution is 0.380. The van der Waals surface area contributed by atoms with Gasteiger partial charge in [-0.05, 0) is 5.56 Å². The second kappa shape index (κ2) is 4.07. The van der Waals surface area contributed by atoms with Gasteiger partial charge in [-0.25, -0.2) is 0 Å². The van der Waals surface area contributed by atoms with Crippen molar-refractivity contribution in [3.63, 3.8) is 0 Å². The molecule has 0 bridgehead atoms. The number of benzene rings is 1. The highest BCUT2D eigenvalue weighted by Gasteiger charge is 2.02. The first-order valence-corrected chi connectivity index (χ1v) is 4.57. The van der Waals surface area contributed by atoms with Crippen molar-refractivity contribution in [1.82, 2.24) is 5.16 Å². The van der Waals surface area contributed by atoms with Crippen LogP contribution in [0.2, 0.25) is 0 Å². The first kappa shape index (κ1) is 8.97. The van der Waals surface area contributed by atoms with E-state index in [1.165, 1.54) is 5.56 Å². The fourth-order valence-electron chi connectivity index (χ4n) is 1.34. The molecule has 0 saturated heterocycles. The third-order valence-corrected chi connectivity index (χ3v) is 2.04. The van der Waals surface area contributed by atoms with Crippen molar-refractivity contribution < 1.29 is 4.52 Å². The van der Waals surface area contributed by atoms with Crippen LogP contribution in [0, 0.1) is 0 Å². The van der Waals surface area contributed by atoms with Gasteiger partial charge in [-0.15, -0.1) is 0 Å². The van der Waals surface area contributed by atoms with E-state index in [-0.39, 0.29) is 0 Å². The van der Waals surface area contributed by atoms with Gasteiger partial charge in [0.15, 0.2) is 5.76 Å². The zero-order valence-electron chi connectivity index (χ0n) is 7.81. The molecule has 0 spiro atoms. The fourth-order valence-corrected chi connectivity index (χ4v) is 1.34. The summed E-state index contributed by atoms with van der Waals surface area (Å²) in [5.74, 6) is 0.732. The largest absolute Gasteiger partial charge is 0.360 e. The van der Waals surface area contributed by atoms with Crippen LogP contribution >= 0.6 is 0 Å². The number of hydrogen-bond acceptors (Lipinski definition) is 3. The monoisotopic (exact) mass is 188 g/mol. The number of rotatable bonds is 3. The summed E-state index contributed by atoms with van der Waals surface area (Å²) in [4.78, 5) is 0. The summed E-state index contributed by atoms with van der Waals surface area (Å²) in [6.07, 6.45) is 0.796. The Hall–Kier alpha value is -1.61. The van der Waals surface area contributed by atoms with Crippen molar-refractivity contribution in [2.24, 2.45) is 5.73 Å². The Morgan fingerprint density at radius 2 is 2.00 bits per heavy atom. The average molecular weight is 188 g/mol. The minimum atomic E-state index is 0.405. The Bertz CT molecular complexity index is 395. The molecule has 14 heavy (non-hydrogen) atoms. The first-order valence-electron chi connectivity index (χ1n) is 4.57. The third kappa shape index (κ3) is 2.00. The summed E-state index contributed by atoms with van der Waals surface area (Å²) in [5, 5.41) is 3.93. The molecule has 0 aliphatic carbocycles. The van der Waals surface area contributed by atoms with Crippen LogP contribution < -0.4 is 5.73 Å². The fraction of sp³-hybridized carbons (Fsp3) is 0.182. The smallest absolute Gasteiger partial charge is 0.150 e. The maximum absolute atomic E-state index is 5.42. The zero-order chi connectivity index (χ0) is 9.80. The topological polar surface area (TPSA) is 52.0 Å². The van der Waals surface area contributed by atoms with Crippen molar-refractivity contribution >= 4 is 0 Å². The Morgan fingerprint density at radius 3 is 2.64 bits per heavy atom. The highest BCUT2D eigenvalue weighted by atomic mass is 16.5. The van der Waals surface area contributed by atoms with Crippen molar-refractivity contribution in [3.8, 4) is 0 Å². The average Bonchev–Trinajstić information content (AvgIpc) is 2.67. The van der Waals surface area contributed by atoms with Gasteiger partial charge in [-0.2, -0.15) is 0 Å². The van der Waals surface area contributed by atoms with Crippen LogP contribution in [-0.2, 0) is 13.0 Å². The van der Waals surface area contributed by atoms with Crippen LogP contribution in [-0.4, -0.2) is 5.16 Å². The maximum Gasteiger partial charge on any atom is 0.150 e. The summed E-state index contributed by atoms with van der Waals surface area (Å²) in [6, 6.07) is 12.1. The molecular formula is C11H12N2O. The first-order chi connectivity index (χ1) is 6.88. The van der Waals surface area contributed by atoms with E-state index in [1.54, 1.807) is 0 Å². The lowest BCUT2D eigenvalue weighted by Crippen LogP contribution is -1.93. The molecule has 3 nitrogen and oxygen atoms in total.